The Balaban J connectivity index is 2.07. The molecule has 0 heterocycles. The van der Waals surface area contributed by atoms with Crippen molar-refractivity contribution >= 4 is 20.2 Å². The molecule has 2 N–H and O–H groups in total. The minimum Gasteiger partial charge on any atom is -0.282 e. The van der Waals surface area contributed by atoms with E-state index in [0.717, 1.165) is 24.0 Å². The Morgan fingerprint density at radius 2 is 1.24 bits per heavy atom. The topological polar surface area (TPSA) is 109 Å². The third-order valence-electron chi connectivity index (χ3n) is 4.14. The molecule has 0 aromatic heterocycles. The largest absolute Gasteiger partial charge is 0.294 e. The fraction of sp³-hybridized carbons (Fsp3) is 0.294. The second-order valence-electron chi connectivity index (χ2n) is 5.81. The normalized spacial score (nSPS) is 13.6. The molecule has 0 saturated carbocycles. The summed E-state index contributed by atoms with van der Waals surface area (Å²) in [5, 5.41) is 0. The van der Waals surface area contributed by atoms with E-state index >= 15 is 0 Å². The lowest BCUT2D eigenvalue weighted by Crippen LogP contribution is -2.03. The zero-order valence-corrected chi connectivity index (χ0v) is 15.3. The van der Waals surface area contributed by atoms with Crippen molar-refractivity contribution in [2.75, 3.05) is 0 Å². The third-order valence-corrected chi connectivity index (χ3v) is 5.88. The predicted octanol–water partition coefficient (Wildman–Crippen LogP) is 3.31. The summed E-state index contributed by atoms with van der Waals surface area (Å²) in [6, 6.07) is 12.2. The van der Waals surface area contributed by atoms with Gasteiger partial charge in [0, 0.05) is 0 Å². The average Bonchev–Trinajstić information content (AvgIpc) is 2.55. The Hall–Kier alpha value is -1.74. The van der Waals surface area contributed by atoms with Gasteiger partial charge in [0.2, 0.25) is 0 Å². The summed E-state index contributed by atoms with van der Waals surface area (Å²) in [7, 11) is -8.38. The first-order valence-electron chi connectivity index (χ1n) is 7.75. The van der Waals surface area contributed by atoms with E-state index in [-0.39, 0.29) is 15.7 Å². The lowest BCUT2D eigenvalue weighted by molar-refractivity contribution is 0.481. The van der Waals surface area contributed by atoms with E-state index in [9.17, 15) is 16.8 Å². The summed E-state index contributed by atoms with van der Waals surface area (Å²) in [6.45, 7) is 2.03. The molecule has 25 heavy (non-hydrogen) atoms. The van der Waals surface area contributed by atoms with Crippen molar-refractivity contribution in [3.8, 4) is 0 Å². The van der Waals surface area contributed by atoms with Gasteiger partial charge in [-0.3, -0.25) is 9.11 Å². The fourth-order valence-corrected chi connectivity index (χ4v) is 3.65. The molecule has 0 aliphatic rings. The molecule has 0 fully saturated rings. The summed E-state index contributed by atoms with van der Waals surface area (Å²) in [4.78, 5) is -0.268. The Labute approximate surface area is 148 Å². The maximum atomic E-state index is 11.1. The summed E-state index contributed by atoms with van der Waals surface area (Å²) >= 11 is 0. The Kier molecular flexibility index (Phi) is 5.99. The minimum absolute atomic E-state index is 0.132. The number of hydrogen-bond donors (Lipinski definition) is 2. The molecule has 0 amide bonds. The highest BCUT2D eigenvalue weighted by Crippen LogP contribution is 2.26. The zero-order chi connectivity index (χ0) is 18.7. The number of hydrogen-bond acceptors (Lipinski definition) is 4. The molecular formula is C17H20O6S2. The maximum absolute atomic E-state index is 11.1. The van der Waals surface area contributed by atoms with Crippen LogP contribution in [0.1, 0.15) is 36.8 Å². The Bertz CT molecular complexity index is 914. The van der Waals surface area contributed by atoms with Crippen molar-refractivity contribution < 1.29 is 25.9 Å². The van der Waals surface area contributed by atoms with E-state index in [1.807, 2.05) is 6.92 Å². The molecule has 0 spiro atoms. The number of rotatable bonds is 7. The Morgan fingerprint density at radius 3 is 1.64 bits per heavy atom. The van der Waals surface area contributed by atoms with Crippen molar-refractivity contribution in [2.45, 2.75) is 41.9 Å². The first kappa shape index (κ1) is 19.6. The van der Waals surface area contributed by atoms with Gasteiger partial charge >= 0.3 is 0 Å². The first-order valence-corrected chi connectivity index (χ1v) is 10.6. The molecule has 136 valence electrons. The predicted molar refractivity (Wildman–Crippen MR) is 93.9 cm³/mol. The van der Waals surface area contributed by atoms with Crippen LogP contribution in [-0.4, -0.2) is 25.9 Å². The van der Waals surface area contributed by atoms with Gasteiger partial charge < -0.3 is 0 Å². The van der Waals surface area contributed by atoms with Gasteiger partial charge in [0.1, 0.15) is 0 Å². The minimum atomic E-state index is -4.19. The van der Waals surface area contributed by atoms with Crippen LogP contribution in [0.2, 0.25) is 0 Å². The second-order valence-corrected chi connectivity index (χ2v) is 8.65. The SMILES string of the molecule is CCC(CCc1ccc(S(=O)(=O)O)cc1)c1ccc(S(=O)(=O)O)cc1. The van der Waals surface area contributed by atoms with Crippen molar-refractivity contribution in [3.63, 3.8) is 0 Å². The van der Waals surface area contributed by atoms with E-state index < -0.39 is 20.2 Å². The van der Waals surface area contributed by atoms with Crippen LogP contribution in [0.25, 0.3) is 0 Å². The quantitative estimate of drug-likeness (QED) is 0.709. The van der Waals surface area contributed by atoms with E-state index in [1.54, 1.807) is 24.3 Å². The molecule has 6 nitrogen and oxygen atoms in total. The number of benzene rings is 2. The lowest BCUT2D eigenvalue weighted by Gasteiger charge is -2.16. The summed E-state index contributed by atoms with van der Waals surface area (Å²) in [5.74, 6) is 0.205. The molecule has 0 radical (unpaired) electrons. The summed E-state index contributed by atoms with van der Waals surface area (Å²) < 4.78 is 62.2. The van der Waals surface area contributed by atoms with Gasteiger partial charge in [0.05, 0.1) is 9.79 Å². The third kappa shape index (κ3) is 5.37. The van der Waals surface area contributed by atoms with Crippen LogP contribution in [0.5, 0.6) is 0 Å². The first-order chi connectivity index (χ1) is 11.6. The van der Waals surface area contributed by atoms with Crippen molar-refractivity contribution in [2.24, 2.45) is 0 Å². The fourth-order valence-electron chi connectivity index (χ4n) is 2.69. The van der Waals surface area contributed by atoms with Crippen LogP contribution in [0, 0.1) is 0 Å². The Morgan fingerprint density at radius 1 is 0.800 bits per heavy atom. The highest BCUT2D eigenvalue weighted by Gasteiger charge is 2.14. The van der Waals surface area contributed by atoms with Crippen molar-refractivity contribution in [1.82, 2.24) is 0 Å². The van der Waals surface area contributed by atoms with Gasteiger partial charge in [0.15, 0.2) is 0 Å². The van der Waals surface area contributed by atoms with Crippen LogP contribution < -0.4 is 0 Å². The maximum Gasteiger partial charge on any atom is 0.294 e. The van der Waals surface area contributed by atoms with Gasteiger partial charge in [-0.05, 0) is 60.6 Å². The van der Waals surface area contributed by atoms with E-state index in [4.69, 9.17) is 9.11 Å². The van der Waals surface area contributed by atoms with Crippen molar-refractivity contribution in [3.05, 3.63) is 59.7 Å². The summed E-state index contributed by atoms with van der Waals surface area (Å²) in [6.07, 6.45) is 2.37. The molecular weight excluding hydrogens is 364 g/mol. The van der Waals surface area contributed by atoms with Gasteiger partial charge in [0.25, 0.3) is 20.2 Å². The summed E-state index contributed by atoms with van der Waals surface area (Å²) in [5.41, 5.74) is 1.92. The van der Waals surface area contributed by atoms with Gasteiger partial charge in [-0.25, -0.2) is 0 Å². The molecule has 1 atom stereocenters. The molecule has 2 rings (SSSR count). The molecule has 1 unspecified atom stereocenters. The molecule has 2 aromatic carbocycles. The van der Waals surface area contributed by atoms with E-state index in [2.05, 4.69) is 0 Å². The highest BCUT2D eigenvalue weighted by atomic mass is 32.2. The van der Waals surface area contributed by atoms with Crippen molar-refractivity contribution in [1.29, 1.82) is 0 Å². The van der Waals surface area contributed by atoms with Crippen LogP contribution >= 0.6 is 0 Å². The zero-order valence-electron chi connectivity index (χ0n) is 13.7. The molecule has 0 aliphatic heterocycles. The smallest absolute Gasteiger partial charge is 0.282 e. The monoisotopic (exact) mass is 384 g/mol. The molecule has 8 heteroatoms. The second kappa shape index (κ2) is 7.65. The van der Waals surface area contributed by atoms with Crippen LogP contribution in [0.3, 0.4) is 0 Å². The van der Waals surface area contributed by atoms with Gasteiger partial charge in [-0.2, -0.15) is 16.8 Å². The van der Waals surface area contributed by atoms with Gasteiger partial charge in [-0.15, -0.1) is 0 Å². The lowest BCUT2D eigenvalue weighted by atomic mass is 9.90. The van der Waals surface area contributed by atoms with E-state index in [0.29, 0.717) is 6.42 Å². The van der Waals surface area contributed by atoms with E-state index in [1.165, 1.54) is 24.3 Å². The standard InChI is InChI=1S/C17H20O6S2/c1-2-14(15-7-11-17(12-8-15)25(21,22)23)6-3-13-4-9-16(10-5-13)24(18,19)20/h4-5,7-12,14H,2-3,6H2,1H3,(H,18,19,20)(H,21,22,23). The van der Waals surface area contributed by atoms with Gasteiger partial charge in [-0.1, -0.05) is 31.2 Å². The molecule has 2 aromatic rings. The van der Waals surface area contributed by atoms with Crippen LogP contribution in [0.15, 0.2) is 58.3 Å². The molecule has 0 bridgehead atoms. The number of aryl methyl sites for hydroxylation is 1. The van der Waals surface area contributed by atoms with Crippen LogP contribution in [-0.2, 0) is 26.7 Å². The average molecular weight is 384 g/mol. The molecule has 0 saturated heterocycles. The van der Waals surface area contributed by atoms with Crippen LogP contribution in [0.4, 0.5) is 0 Å². The highest BCUT2D eigenvalue weighted by molar-refractivity contribution is 7.86. The molecule has 0 aliphatic carbocycles.